The maximum absolute atomic E-state index is 11.8. The highest BCUT2D eigenvalue weighted by Crippen LogP contribution is 2.09. The van der Waals surface area contributed by atoms with Gasteiger partial charge in [0.25, 0.3) is 5.91 Å². The number of halogens is 1. The molecule has 19 heavy (non-hydrogen) atoms. The molecule has 5 heteroatoms. The van der Waals surface area contributed by atoms with Crippen molar-refractivity contribution in [2.75, 3.05) is 6.54 Å². The quantitative estimate of drug-likeness (QED) is 0.854. The van der Waals surface area contributed by atoms with E-state index in [1.54, 1.807) is 30.5 Å². The van der Waals surface area contributed by atoms with Gasteiger partial charge in [-0.05, 0) is 37.6 Å². The number of nitrogens with zero attached hydrogens (tertiary/aromatic N) is 2. The molecule has 0 aliphatic rings. The molecule has 2 rings (SSSR count). The van der Waals surface area contributed by atoms with Crippen LogP contribution in [-0.2, 0) is 6.54 Å². The molecule has 1 amide bonds. The zero-order valence-electron chi connectivity index (χ0n) is 10.8. The average molecular weight is 278 g/mol. The first-order valence-electron chi connectivity index (χ1n) is 6.18. The van der Waals surface area contributed by atoms with Crippen LogP contribution in [0.25, 0.3) is 0 Å². The topological polar surface area (TPSA) is 46.9 Å². The monoisotopic (exact) mass is 277 g/mol. The Kier molecular flexibility index (Phi) is 4.58. The van der Waals surface area contributed by atoms with E-state index in [4.69, 9.17) is 11.6 Å². The lowest BCUT2D eigenvalue weighted by Gasteiger charge is -2.07. The van der Waals surface area contributed by atoms with Gasteiger partial charge in [0.2, 0.25) is 0 Å². The number of amides is 1. The normalized spacial score (nSPS) is 10.4. The van der Waals surface area contributed by atoms with Gasteiger partial charge in [0.15, 0.2) is 0 Å². The van der Waals surface area contributed by atoms with Crippen LogP contribution in [0.5, 0.6) is 0 Å². The number of hydrogen-bond acceptors (Lipinski definition) is 2. The van der Waals surface area contributed by atoms with Crippen LogP contribution >= 0.6 is 11.6 Å². The summed E-state index contributed by atoms with van der Waals surface area (Å²) in [6, 6.07) is 6.87. The van der Waals surface area contributed by atoms with Gasteiger partial charge in [0.05, 0.1) is 0 Å². The van der Waals surface area contributed by atoms with Crippen molar-refractivity contribution in [1.82, 2.24) is 14.9 Å². The number of hydrogen-bond donors (Lipinski definition) is 1. The molecular formula is C14H16ClN3O. The maximum Gasteiger partial charge on any atom is 0.251 e. The molecule has 0 fully saturated rings. The predicted octanol–water partition coefficient (Wildman–Crippen LogP) is 2.67. The summed E-state index contributed by atoms with van der Waals surface area (Å²) in [4.78, 5) is 16.0. The maximum atomic E-state index is 11.8. The molecule has 0 radical (unpaired) electrons. The lowest BCUT2D eigenvalue weighted by atomic mass is 10.2. The van der Waals surface area contributed by atoms with Crippen LogP contribution in [0.3, 0.4) is 0 Å². The average Bonchev–Trinajstić information content (AvgIpc) is 2.81. The number of carbonyl (C=O) groups excluding carboxylic acids is 1. The molecule has 1 heterocycles. The molecule has 1 aromatic heterocycles. The van der Waals surface area contributed by atoms with Crippen LogP contribution in [0.1, 0.15) is 22.6 Å². The highest BCUT2D eigenvalue weighted by Gasteiger charge is 2.04. The first-order chi connectivity index (χ1) is 9.16. The van der Waals surface area contributed by atoms with Crippen molar-refractivity contribution in [1.29, 1.82) is 0 Å². The van der Waals surface area contributed by atoms with E-state index in [0.717, 1.165) is 18.8 Å². The second kappa shape index (κ2) is 6.38. The third-order valence-electron chi connectivity index (χ3n) is 2.89. The molecule has 2 aromatic rings. The lowest BCUT2D eigenvalue weighted by molar-refractivity contribution is 0.0953. The van der Waals surface area contributed by atoms with Crippen molar-refractivity contribution in [3.63, 3.8) is 0 Å². The molecular weight excluding hydrogens is 262 g/mol. The molecule has 0 aliphatic heterocycles. The molecule has 0 unspecified atom stereocenters. The summed E-state index contributed by atoms with van der Waals surface area (Å²) in [5.41, 5.74) is 0.628. The van der Waals surface area contributed by atoms with Gasteiger partial charge in [-0.15, -0.1) is 0 Å². The number of carbonyl (C=O) groups is 1. The number of rotatable bonds is 5. The van der Waals surface area contributed by atoms with Gasteiger partial charge < -0.3 is 9.88 Å². The van der Waals surface area contributed by atoms with Crippen LogP contribution in [0.2, 0.25) is 5.02 Å². The molecule has 100 valence electrons. The van der Waals surface area contributed by atoms with Crippen molar-refractivity contribution in [3.8, 4) is 0 Å². The summed E-state index contributed by atoms with van der Waals surface area (Å²) in [5.74, 6) is 0.919. The van der Waals surface area contributed by atoms with Gasteiger partial charge >= 0.3 is 0 Å². The number of nitrogens with one attached hydrogen (secondary N) is 1. The van der Waals surface area contributed by atoms with Crippen LogP contribution in [0, 0.1) is 6.92 Å². The fourth-order valence-electron chi connectivity index (χ4n) is 1.79. The van der Waals surface area contributed by atoms with E-state index in [1.807, 2.05) is 13.1 Å². The zero-order chi connectivity index (χ0) is 13.7. The molecule has 0 saturated heterocycles. The van der Waals surface area contributed by atoms with Gasteiger partial charge in [-0.3, -0.25) is 4.79 Å². The molecule has 1 aromatic carbocycles. The summed E-state index contributed by atoms with van der Waals surface area (Å²) in [6.45, 7) is 3.46. The minimum Gasteiger partial charge on any atom is -0.352 e. The molecule has 0 atom stereocenters. The van der Waals surface area contributed by atoms with E-state index < -0.39 is 0 Å². The molecule has 4 nitrogen and oxygen atoms in total. The van der Waals surface area contributed by atoms with Gasteiger partial charge in [-0.2, -0.15) is 0 Å². The third kappa shape index (κ3) is 3.83. The Hall–Kier alpha value is -1.81. The summed E-state index contributed by atoms with van der Waals surface area (Å²) in [5, 5.41) is 3.52. The summed E-state index contributed by atoms with van der Waals surface area (Å²) in [7, 11) is 0. The Balaban J connectivity index is 1.75. The zero-order valence-corrected chi connectivity index (χ0v) is 11.5. The predicted molar refractivity (Wildman–Crippen MR) is 75.4 cm³/mol. The van der Waals surface area contributed by atoms with Crippen LogP contribution in [-0.4, -0.2) is 22.0 Å². The number of aryl methyl sites for hydroxylation is 2. The molecule has 0 saturated carbocycles. The van der Waals surface area contributed by atoms with E-state index in [1.165, 1.54) is 0 Å². The van der Waals surface area contributed by atoms with Gasteiger partial charge in [0.1, 0.15) is 5.82 Å². The fraction of sp³-hybridized carbons (Fsp3) is 0.286. The van der Waals surface area contributed by atoms with E-state index in [9.17, 15) is 4.79 Å². The highest BCUT2D eigenvalue weighted by molar-refractivity contribution is 6.30. The Morgan fingerprint density at radius 2 is 2.11 bits per heavy atom. The van der Waals surface area contributed by atoms with Crippen LogP contribution in [0.15, 0.2) is 36.7 Å². The number of imidazole rings is 1. The van der Waals surface area contributed by atoms with Crippen LogP contribution in [0.4, 0.5) is 0 Å². The SMILES string of the molecule is Cc1nccn1CCCNC(=O)c1ccc(Cl)cc1. The minimum atomic E-state index is -0.0704. The van der Waals surface area contributed by atoms with Crippen molar-refractivity contribution in [2.24, 2.45) is 0 Å². The van der Waals surface area contributed by atoms with E-state index in [-0.39, 0.29) is 5.91 Å². The van der Waals surface area contributed by atoms with Gasteiger partial charge in [-0.1, -0.05) is 11.6 Å². The molecule has 1 N–H and O–H groups in total. The summed E-state index contributed by atoms with van der Waals surface area (Å²) in [6.07, 6.45) is 4.59. The van der Waals surface area contributed by atoms with Crippen LogP contribution < -0.4 is 5.32 Å². The number of aromatic nitrogens is 2. The Bertz CT molecular complexity index is 548. The van der Waals surface area contributed by atoms with E-state index in [0.29, 0.717) is 17.1 Å². The highest BCUT2D eigenvalue weighted by atomic mass is 35.5. The largest absolute Gasteiger partial charge is 0.352 e. The fourth-order valence-corrected chi connectivity index (χ4v) is 1.92. The second-order valence-electron chi connectivity index (χ2n) is 4.28. The van der Waals surface area contributed by atoms with Gasteiger partial charge in [0, 0.05) is 36.1 Å². The standard InChI is InChI=1S/C14H16ClN3O/c1-11-16-8-10-18(11)9-2-7-17-14(19)12-3-5-13(15)6-4-12/h3-6,8,10H,2,7,9H2,1H3,(H,17,19). The third-order valence-corrected chi connectivity index (χ3v) is 3.14. The van der Waals surface area contributed by atoms with E-state index >= 15 is 0 Å². The van der Waals surface area contributed by atoms with Crippen molar-refractivity contribution < 1.29 is 4.79 Å². The molecule has 0 aliphatic carbocycles. The lowest BCUT2D eigenvalue weighted by Crippen LogP contribution is -2.25. The molecule has 0 bridgehead atoms. The summed E-state index contributed by atoms with van der Waals surface area (Å²) < 4.78 is 2.06. The van der Waals surface area contributed by atoms with Crippen molar-refractivity contribution >= 4 is 17.5 Å². The Morgan fingerprint density at radius 3 is 2.74 bits per heavy atom. The Morgan fingerprint density at radius 1 is 1.37 bits per heavy atom. The van der Waals surface area contributed by atoms with Crippen molar-refractivity contribution in [3.05, 3.63) is 53.1 Å². The van der Waals surface area contributed by atoms with Crippen molar-refractivity contribution in [2.45, 2.75) is 19.9 Å². The minimum absolute atomic E-state index is 0.0704. The first-order valence-corrected chi connectivity index (χ1v) is 6.56. The second-order valence-corrected chi connectivity index (χ2v) is 4.72. The smallest absolute Gasteiger partial charge is 0.251 e. The summed E-state index contributed by atoms with van der Waals surface area (Å²) >= 11 is 5.77. The number of benzene rings is 1. The van der Waals surface area contributed by atoms with E-state index in [2.05, 4.69) is 14.9 Å². The van der Waals surface area contributed by atoms with Gasteiger partial charge in [-0.25, -0.2) is 4.98 Å². The first kappa shape index (κ1) is 13.6. The Labute approximate surface area is 117 Å². The molecule has 0 spiro atoms.